The monoisotopic (exact) mass is 238 g/mol. The molecule has 0 spiro atoms. The molecule has 1 aliphatic rings. The summed E-state index contributed by atoms with van der Waals surface area (Å²) in [5.74, 6) is 0.692. The van der Waals surface area contributed by atoms with Gasteiger partial charge < -0.3 is 4.90 Å². The van der Waals surface area contributed by atoms with E-state index in [0.717, 1.165) is 0 Å². The van der Waals surface area contributed by atoms with Crippen LogP contribution in [0.2, 0.25) is 5.15 Å². The van der Waals surface area contributed by atoms with Crippen molar-refractivity contribution in [1.29, 1.82) is 0 Å². The van der Waals surface area contributed by atoms with Gasteiger partial charge >= 0.3 is 0 Å². The second-order valence-electron chi connectivity index (χ2n) is 4.36. The molecule has 1 atom stereocenters. The molecule has 1 aromatic heterocycles. The largest absolute Gasteiger partial charge is 0.339 e. The summed E-state index contributed by atoms with van der Waals surface area (Å²) in [5, 5.41) is 0.412. The second-order valence-corrected chi connectivity index (χ2v) is 4.75. The van der Waals surface area contributed by atoms with Crippen molar-refractivity contribution in [3.05, 3.63) is 29.0 Å². The molecule has 1 aliphatic carbocycles. The van der Waals surface area contributed by atoms with E-state index >= 15 is 0 Å². The van der Waals surface area contributed by atoms with E-state index in [1.807, 2.05) is 7.05 Å². The average Bonchev–Trinajstić information content (AvgIpc) is 3.11. The maximum atomic E-state index is 12.1. The lowest BCUT2D eigenvalue weighted by Gasteiger charge is -2.24. The third-order valence-electron chi connectivity index (χ3n) is 3.21. The van der Waals surface area contributed by atoms with Crippen LogP contribution in [0.25, 0.3) is 0 Å². The lowest BCUT2D eigenvalue weighted by atomic mass is 10.1. The first-order valence-electron chi connectivity index (χ1n) is 5.48. The number of hydrogen-bond donors (Lipinski definition) is 0. The van der Waals surface area contributed by atoms with E-state index in [2.05, 4.69) is 11.9 Å². The zero-order chi connectivity index (χ0) is 11.7. The molecule has 16 heavy (non-hydrogen) atoms. The zero-order valence-corrected chi connectivity index (χ0v) is 10.2. The second kappa shape index (κ2) is 4.42. The molecular formula is C12H15ClN2O. The number of pyridine rings is 1. The molecule has 1 fully saturated rings. The fourth-order valence-electron chi connectivity index (χ4n) is 1.79. The standard InChI is InChI=1S/C12H15ClN2O/c1-8(9-3-4-9)15(2)12(16)10-5-6-11(13)14-7-10/h5-9H,3-4H2,1-2H3. The fraction of sp³-hybridized carbons (Fsp3) is 0.500. The molecular weight excluding hydrogens is 224 g/mol. The van der Waals surface area contributed by atoms with Gasteiger partial charge in [0.2, 0.25) is 0 Å². The molecule has 2 rings (SSSR count). The molecule has 0 N–H and O–H groups in total. The van der Waals surface area contributed by atoms with Crippen molar-refractivity contribution < 1.29 is 4.79 Å². The molecule has 1 unspecified atom stereocenters. The summed E-state index contributed by atoms with van der Waals surface area (Å²) < 4.78 is 0. The summed E-state index contributed by atoms with van der Waals surface area (Å²) >= 11 is 5.68. The van der Waals surface area contributed by atoms with Gasteiger partial charge in [-0.15, -0.1) is 0 Å². The van der Waals surface area contributed by atoms with Gasteiger partial charge in [-0.1, -0.05) is 11.6 Å². The van der Waals surface area contributed by atoms with Crippen molar-refractivity contribution in [2.24, 2.45) is 5.92 Å². The summed E-state index contributed by atoms with van der Waals surface area (Å²) in [5.41, 5.74) is 0.597. The molecule has 3 nitrogen and oxygen atoms in total. The minimum absolute atomic E-state index is 0.0172. The normalized spacial score (nSPS) is 16.9. The smallest absolute Gasteiger partial charge is 0.255 e. The van der Waals surface area contributed by atoms with E-state index in [9.17, 15) is 4.79 Å². The van der Waals surface area contributed by atoms with Crippen LogP contribution in [-0.2, 0) is 0 Å². The quantitative estimate of drug-likeness (QED) is 0.759. The van der Waals surface area contributed by atoms with Crippen LogP contribution >= 0.6 is 11.6 Å². The highest BCUT2D eigenvalue weighted by Gasteiger charge is 2.32. The summed E-state index contributed by atoms with van der Waals surface area (Å²) in [6.45, 7) is 2.10. The van der Waals surface area contributed by atoms with Crippen LogP contribution in [0.5, 0.6) is 0 Å². The van der Waals surface area contributed by atoms with Gasteiger partial charge in [0, 0.05) is 19.3 Å². The Bertz CT molecular complexity index is 387. The minimum Gasteiger partial charge on any atom is -0.339 e. The molecule has 1 heterocycles. The van der Waals surface area contributed by atoms with Crippen LogP contribution in [0.15, 0.2) is 18.3 Å². The third-order valence-corrected chi connectivity index (χ3v) is 3.43. The minimum atomic E-state index is 0.0172. The van der Waals surface area contributed by atoms with Gasteiger partial charge in [-0.25, -0.2) is 4.98 Å². The van der Waals surface area contributed by atoms with Gasteiger partial charge in [-0.05, 0) is 37.8 Å². The lowest BCUT2D eigenvalue weighted by molar-refractivity contribution is 0.0727. The Labute approximate surface area is 100 Å². The number of aromatic nitrogens is 1. The fourth-order valence-corrected chi connectivity index (χ4v) is 1.90. The summed E-state index contributed by atoms with van der Waals surface area (Å²) in [4.78, 5) is 17.8. The van der Waals surface area contributed by atoms with Crippen LogP contribution in [0.4, 0.5) is 0 Å². The molecule has 0 aromatic carbocycles. The Morgan fingerprint density at radius 2 is 2.25 bits per heavy atom. The molecule has 1 saturated carbocycles. The summed E-state index contributed by atoms with van der Waals surface area (Å²) in [6, 6.07) is 3.67. The molecule has 4 heteroatoms. The van der Waals surface area contributed by atoms with Crippen LogP contribution in [0.3, 0.4) is 0 Å². The van der Waals surface area contributed by atoms with Gasteiger partial charge in [-0.3, -0.25) is 4.79 Å². The Kier molecular flexibility index (Phi) is 3.15. The highest BCUT2D eigenvalue weighted by atomic mass is 35.5. The lowest BCUT2D eigenvalue weighted by Crippen LogP contribution is -2.36. The van der Waals surface area contributed by atoms with Crippen molar-refractivity contribution >= 4 is 17.5 Å². The number of carbonyl (C=O) groups is 1. The number of amides is 1. The van der Waals surface area contributed by atoms with Crippen molar-refractivity contribution in [1.82, 2.24) is 9.88 Å². The predicted octanol–water partition coefficient (Wildman–Crippen LogP) is 2.61. The molecule has 1 aromatic rings. The third kappa shape index (κ3) is 2.35. The topological polar surface area (TPSA) is 33.2 Å². The molecule has 0 bridgehead atoms. The Hall–Kier alpha value is -1.09. The van der Waals surface area contributed by atoms with Gasteiger partial charge in [-0.2, -0.15) is 0 Å². The Morgan fingerprint density at radius 3 is 2.75 bits per heavy atom. The van der Waals surface area contributed by atoms with E-state index < -0.39 is 0 Å². The zero-order valence-electron chi connectivity index (χ0n) is 9.48. The average molecular weight is 239 g/mol. The van der Waals surface area contributed by atoms with E-state index in [4.69, 9.17) is 11.6 Å². The number of rotatable bonds is 3. The predicted molar refractivity (Wildman–Crippen MR) is 63.5 cm³/mol. The van der Waals surface area contributed by atoms with Crippen molar-refractivity contribution in [3.63, 3.8) is 0 Å². The Balaban J connectivity index is 2.08. The van der Waals surface area contributed by atoms with E-state index in [1.165, 1.54) is 19.0 Å². The first-order valence-corrected chi connectivity index (χ1v) is 5.86. The van der Waals surface area contributed by atoms with E-state index in [-0.39, 0.29) is 5.91 Å². The number of carbonyl (C=O) groups excluding carboxylic acids is 1. The molecule has 1 amide bonds. The van der Waals surface area contributed by atoms with Crippen molar-refractivity contribution in [3.8, 4) is 0 Å². The highest BCUT2D eigenvalue weighted by Crippen LogP contribution is 2.35. The Morgan fingerprint density at radius 1 is 1.56 bits per heavy atom. The first kappa shape index (κ1) is 11.4. The van der Waals surface area contributed by atoms with Crippen molar-refractivity contribution in [2.45, 2.75) is 25.8 Å². The molecule has 86 valence electrons. The van der Waals surface area contributed by atoms with Crippen LogP contribution < -0.4 is 0 Å². The maximum Gasteiger partial charge on any atom is 0.255 e. The molecule has 0 saturated heterocycles. The summed E-state index contributed by atoms with van der Waals surface area (Å²) in [6.07, 6.45) is 4.00. The van der Waals surface area contributed by atoms with Gasteiger partial charge in [0.25, 0.3) is 5.91 Å². The SMILES string of the molecule is CC(C1CC1)N(C)C(=O)c1ccc(Cl)nc1. The first-order chi connectivity index (χ1) is 7.59. The van der Waals surface area contributed by atoms with Gasteiger partial charge in [0.15, 0.2) is 0 Å². The highest BCUT2D eigenvalue weighted by molar-refractivity contribution is 6.29. The van der Waals surface area contributed by atoms with Gasteiger partial charge in [0.1, 0.15) is 5.15 Å². The number of halogens is 1. The summed E-state index contributed by atoms with van der Waals surface area (Å²) in [7, 11) is 1.85. The van der Waals surface area contributed by atoms with E-state index in [1.54, 1.807) is 17.0 Å². The van der Waals surface area contributed by atoms with Crippen LogP contribution in [-0.4, -0.2) is 28.9 Å². The van der Waals surface area contributed by atoms with Crippen molar-refractivity contribution in [2.75, 3.05) is 7.05 Å². The van der Waals surface area contributed by atoms with Crippen LogP contribution in [0.1, 0.15) is 30.1 Å². The number of hydrogen-bond acceptors (Lipinski definition) is 2. The number of nitrogens with zero attached hydrogens (tertiary/aromatic N) is 2. The van der Waals surface area contributed by atoms with Gasteiger partial charge in [0.05, 0.1) is 5.56 Å². The van der Waals surface area contributed by atoms with Crippen LogP contribution in [0, 0.1) is 5.92 Å². The van der Waals surface area contributed by atoms with E-state index in [0.29, 0.717) is 22.7 Å². The molecule has 0 aliphatic heterocycles. The molecule has 0 radical (unpaired) electrons. The maximum absolute atomic E-state index is 12.1.